The molecule has 3 rings (SSSR count). The summed E-state index contributed by atoms with van der Waals surface area (Å²) in [6.07, 6.45) is 0. The Morgan fingerprint density at radius 1 is 1.04 bits per heavy atom. The fourth-order valence-corrected chi connectivity index (χ4v) is 2.76. The number of carbonyl (C=O) groups excluding carboxylic acids is 2. The number of hydrogen-bond acceptors (Lipinski definition) is 2. The van der Waals surface area contributed by atoms with Crippen LogP contribution in [0.15, 0.2) is 66.9 Å². The molecule has 2 aromatic rings. The van der Waals surface area contributed by atoms with Gasteiger partial charge in [-0.05, 0) is 6.07 Å². The molecule has 4 nitrogen and oxygen atoms in total. The number of carbonyl (C=O) groups is 2. The minimum absolute atomic E-state index is 0.226. The van der Waals surface area contributed by atoms with E-state index in [1.807, 2.05) is 0 Å². The fraction of sp³-hybridized carbons (Fsp3) is 0.111. The van der Waals surface area contributed by atoms with Gasteiger partial charge in [-0.15, -0.1) is 0 Å². The molecule has 0 aliphatic carbocycles. The van der Waals surface area contributed by atoms with Gasteiger partial charge >= 0.3 is 6.03 Å². The number of urea groups is 1. The minimum Gasteiger partial charge on any atom is -0.330 e. The van der Waals surface area contributed by atoms with Crippen molar-refractivity contribution >= 4 is 11.8 Å². The summed E-state index contributed by atoms with van der Waals surface area (Å²) in [6.45, 7) is 3.78. The van der Waals surface area contributed by atoms with E-state index in [1.54, 1.807) is 48.5 Å². The van der Waals surface area contributed by atoms with Crippen LogP contribution >= 0.6 is 0 Å². The van der Waals surface area contributed by atoms with Gasteiger partial charge in [-0.2, -0.15) is 0 Å². The molecule has 5 heteroatoms. The van der Waals surface area contributed by atoms with Crippen molar-refractivity contribution in [2.45, 2.75) is 6.04 Å². The highest BCUT2D eigenvalue weighted by molar-refractivity contribution is 6.01. The van der Waals surface area contributed by atoms with Crippen LogP contribution in [0.2, 0.25) is 0 Å². The number of rotatable bonds is 3. The van der Waals surface area contributed by atoms with Crippen LogP contribution in [-0.2, 0) is 0 Å². The minimum atomic E-state index is -0.801. The van der Waals surface area contributed by atoms with Crippen molar-refractivity contribution in [3.63, 3.8) is 0 Å². The molecule has 0 radical (unpaired) electrons. The molecule has 1 saturated heterocycles. The molecule has 2 N–H and O–H groups in total. The Morgan fingerprint density at radius 3 is 2.39 bits per heavy atom. The Hall–Kier alpha value is -2.95. The highest BCUT2D eigenvalue weighted by Crippen LogP contribution is 2.33. The van der Waals surface area contributed by atoms with Gasteiger partial charge in [0.1, 0.15) is 5.82 Å². The number of Topliss-reactive ketones (excluding diaryl/α,β-unsaturated/α-hetero) is 1. The van der Waals surface area contributed by atoms with Crippen LogP contribution in [0, 0.1) is 11.7 Å². The standard InChI is InChI=1S/C18H15FN2O2/c1-11-15(17(22)12-7-3-2-4-8-12)16(21-18(23)20-11)13-9-5-6-10-14(13)19/h2-10,15-16H,1H2,(H2,20,21,23)/t15-,16+/m1/s1. The fourth-order valence-electron chi connectivity index (χ4n) is 2.76. The van der Waals surface area contributed by atoms with Crippen molar-refractivity contribution in [2.75, 3.05) is 0 Å². The van der Waals surface area contributed by atoms with Gasteiger partial charge in [0.25, 0.3) is 0 Å². The van der Waals surface area contributed by atoms with Crippen LogP contribution in [0.3, 0.4) is 0 Å². The van der Waals surface area contributed by atoms with E-state index in [-0.39, 0.29) is 17.0 Å². The quantitative estimate of drug-likeness (QED) is 0.855. The molecule has 0 spiro atoms. The molecule has 2 aromatic carbocycles. The summed E-state index contributed by atoms with van der Waals surface area (Å²) in [5.74, 6) is -1.48. The average Bonchev–Trinajstić information content (AvgIpc) is 2.55. The van der Waals surface area contributed by atoms with Crippen LogP contribution < -0.4 is 10.6 Å². The molecular weight excluding hydrogens is 295 g/mol. The summed E-state index contributed by atoms with van der Waals surface area (Å²) in [5, 5.41) is 5.14. The second-order valence-corrected chi connectivity index (χ2v) is 5.33. The predicted molar refractivity (Wildman–Crippen MR) is 84.2 cm³/mol. The van der Waals surface area contributed by atoms with E-state index in [4.69, 9.17) is 0 Å². The van der Waals surface area contributed by atoms with E-state index in [2.05, 4.69) is 17.2 Å². The molecule has 1 aliphatic heterocycles. The molecule has 2 atom stereocenters. The Balaban J connectivity index is 2.04. The number of ketones is 1. The average molecular weight is 310 g/mol. The molecule has 23 heavy (non-hydrogen) atoms. The summed E-state index contributed by atoms with van der Waals surface area (Å²) < 4.78 is 14.2. The first kappa shape index (κ1) is 15.0. The van der Waals surface area contributed by atoms with Gasteiger partial charge in [-0.1, -0.05) is 55.1 Å². The van der Waals surface area contributed by atoms with Gasteiger partial charge in [0.05, 0.1) is 12.0 Å². The van der Waals surface area contributed by atoms with Crippen molar-refractivity contribution in [3.8, 4) is 0 Å². The topological polar surface area (TPSA) is 58.2 Å². The Bertz CT molecular complexity index is 774. The molecular formula is C18H15FN2O2. The van der Waals surface area contributed by atoms with Crippen molar-refractivity contribution in [3.05, 3.63) is 83.8 Å². The lowest BCUT2D eigenvalue weighted by Gasteiger charge is -2.34. The summed E-state index contributed by atoms with van der Waals surface area (Å²) in [4.78, 5) is 24.6. The highest BCUT2D eigenvalue weighted by atomic mass is 19.1. The maximum atomic E-state index is 14.2. The third kappa shape index (κ3) is 2.85. The smallest absolute Gasteiger partial charge is 0.319 e. The van der Waals surface area contributed by atoms with Crippen LogP contribution in [0.5, 0.6) is 0 Å². The molecule has 116 valence electrons. The third-order valence-corrected chi connectivity index (χ3v) is 3.85. The summed E-state index contributed by atoms with van der Waals surface area (Å²) in [5.41, 5.74) is 1.01. The van der Waals surface area contributed by atoms with Crippen molar-refractivity contribution in [1.29, 1.82) is 0 Å². The van der Waals surface area contributed by atoms with Crippen LogP contribution in [-0.4, -0.2) is 11.8 Å². The maximum Gasteiger partial charge on any atom is 0.319 e. The zero-order valence-corrected chi connectivity index (χ0v) is 12.3. The summed E-state index contributed by atoms with van der Waals surface area (Å²) >= 11 is 0. The predicted octanol–water partition coefficient (Wildman–Crippen LogP) is 3.19. The van der Waals surface area contributed by atoms with E-state index < -0.39 is 23.8 Å². The van der Waals surface area contributed by atoms with Crippen LogP contribution in [0.25, 0.3) is 0 Å². The molecule has 1 aliphatic rings. The van der Waals surface area contributed by atoms with Gasteiger partial charge in [0.15, 0.2) is 5.78 Å². The molecule has 2 amide bonds. The summed E-state index contributed by atoms with van der Waals surface area (Å²) in [7, 11) is 0. The molecule has 1 fully saturated rings. The number of halogens is 1. The number of amides is 2. The van der Waals surface area contributed by atoms with E-state index in [0.717, 1.165) is 0 Å². The first-order chi connectivity index (χ1) is 11.1. The number of hydrogen-bond donors (Lipinski definition) is 2. The van der Waals surface area contributed by atoms with E-state index in [9.17, 15) is 14.0 Å². The molecule has 0 saturated carbocycles. The highest BCUT2D eigenvalue weighted by Gasteiger charge is 2.39. The van der Waals surface area contributed by atoms with Crippen molar-refractivity contribution in [1.82, 2.24) is 10.6 Å². The largest absolute Gasteiger partial charge is 0.330 e. The summed E-state index contributed by atoms with van der Waals surface area (Å²) in [6, 6.07) is 13.5. The lowest BCUT2D eigenvalue weighted by Crippen LogP contribution is -2.51. The van der Waals surface area contributed by atoms with Gasteiger partial charge in [-0.25, -0.2) is 9.18 Å². The van der Waals surface area contributed by atoms with Gasteiger partial charge in [0, 0.05) is 16.8 Å². The van der Waals surface area contributed by atoms with Gasteiger partial charge in [0.2, 0.25) is 0 Å². The Kier molecular flexibility index (Phi) is 3.93. The third-order valence-electron chi connectivity index (χ3n) is 3.85. The second kappa shape index (κ2) is 6.04. The van der Waals surface area contributed by atoms with Crippen LogP contribution in [0.4, 0.5) is 9.18 Å². The number of benzene rings is 2. The monoisotopic (exact) mass is 310 g/mol. The zero-order chi connectivity index (χ0) is 16.4. The molecule has 0 unspecified atom stereocenters. The SMILES string of the molecule is C=C1NC(=O)N[C@@H](c2ccccc2F)[C@@H]1C(=O)c1ccccc1. The Labute approximate surface area is 133 Å². The first-order valence-electron chi connectivity index (χ1n) is 7.18. The van der Waals surface area contributed by atoms with Gasteiger partial charge in [-0.3, -0.25) is 4.79 Å². The van der Waals surface area contributed by atoms with Gasteiger partial charge < -0.3 is 10.6 Å². The van der Waals surface area contributed by atoms with E-state index in [0.29, 0.717) is 5.56 Å². The molecule has 1 heterocycles. The van der Waals surface area contributed by atoms with Crippen molar-refractivity contribution in [2.24, 2.45) is 5.92 Å². The lowest BCUT2D eigenvalue weighted by molar-refractivity contribution is 0.0904. The zero-order valence-electron chi connectivity index (χ0n) is 12.3. The van der Waals surface area contributed by atoms with Crippen molar-refractivity contribution < 1.29 is 14.0 Å². The second-order valence-electron chi connectivity index (χ2n) is 5.33. The normalized spacial score (nSPS) is 20.6. The van der Waals surface area contributed by atoms with E-state index >= 15 is 0 Å². The molecule has 0 bridgehead atoms. The van der Waals surface area contributed by atoms with Crippen LogP contribution in [0.1, 0.15) is 22.0 Å². The lowest BCUT2D eigenvalue weighted by atomic mass is 9.83. The first-order valence-corrected chi connectivity index (χ1v) is 7.18. The Morgan fingerprint density at radius 2 is 1.70 bits per heavy atom. The number of nitrogens with one attached hydrogen (secondary N) is 2. The maximum absolute atomic E-state index is 14.2. The van der Waals surface area contributed by atoms with E-state index in [1.165, 1.54) is 6.07 Å². The molecule has 0 aromatic heterocycles.